The fourth-order valence-corrected chi connectivity index (χ4v) is 1.45. The number of benzene rings is 1. The highest BCUT2D eigenvalue weighted by Crippen LogP contribution is 2.23. The van der Waals surface area contributed by atoms with Crippen LogP contribution in [0.25, 0.3) is 0 Å². The summed E-state index contributed by atoms with van der Waals surface area (Å²) in [5.74, 6) is -1.26. The molecule has 0 aliphatic heterocycles. The normalized spacial score (nSPS) is 12.5. The summed E-state index contributed by atoms with van der Waals surface area (Å²) in [6.07, 6.45) is 0. The molecule has 0 fully saturated rings. The first-order valence-electron chi connectivity index (χ1n) is 3.51. The van der Waals surface area contributed by atoms with Gasteiger partial charge in [-0.25, -0.2) is 0 Å². The number of carbonyl (C=O) groups is 1. The Morgan fingerprint density at radius 3 is 2.54 bits per heavy atom. The summed E-state index contributed by atoms with van der Waals surface area (Å²) in [5, 5.41) is 11.2. The molecule has 0 amide bonds. The molecule has 1 aromatic rings. The minimum absolute atomic E-state index is 0.289. The van der Waals surface area contributed by atoms with E-state index in [2.05, 4.69) is 5.73 Å². The van der Waals surface area contributed by atoms with Gasteiger partial charge in [-0.1, -0.05) is 23.2 Å². The van der Waals surface area contributed by atoms with E-state index in [-0.39, 0.29) is 5.02 Å². The third-order valence-electron chi connectivity index (χ3n) is 1.62. The SMILES string of the molecule is [NH3+][C@@H](C(=O)[O-])c1ccc(Cl)cc1Cl. The summed E-state index contributed by atoms with van der Waals surface area (Å²) in [7, 11) is 0. The Kier molecular flexibility index (Phi) is 3.14. The summed E-state index contributed by atoms with van der Waals surface area (Å²) in [6, 6.07) is 3.59. The van der Waals surface area contributed by atoms with E-state index in [0.717, 1.165) is 0 Å². The fraction of sp³-hybridized carbons (Fsp3) is 0.125. The third-order valence-corrected chi connectivity index (χ3v) is 2.18. The Bertz CT molecular complexity index is 341. The quantitative estimate of drug-likeness (QED) is 0.763. The van der Waals surface area contributed by atoms with E-state index in [1.807, 2.05) is 0 Å². The molecule has 0 spiro atoms. The zero-order chi connectivity index (χ0) is 10.0. The summed E-state index contributed by atoms with van der Waals surface area (Å²) >= 11 is 11.4. The number of aliphatic carboxylic acids is 1. The molecule has 13 heavy (non-hydrogen) atoms. The van der Waals surface area contributed by atoms with Gasteiger partial charge in [0.2, 0.25) is 0 Å². The number of halogens is 2. The highest BCUT2D eigenvalue weighted by atomic mass is 35.5. The second-order valence-corrected chi connectivity index (χ2v) is 3.38. The van der Waals surface area contributed by atoms with E-state index >= 15 is 0 Å². The molecule has 0 bridgehead atoms. The topological polar surface area (TPSA) is 67.8 Å². The highest BCUT2D eigenvalue weighted by molar-refractivity contribution is 6.35. The van der Waals surface area contributed by atoms with Crippen LogP contribution >= 0.6 is 23.2 Å². The van der Waals surface area contributed by atoms with Gasteiger partial charge in [0, 0.05) is 10.6 Å². The van der Waals surface area contributed by atoms with Crippen molar-refractivity contribution in [2.45, 2.75) is 6.04 Å². The number of hydrogen-bond donors (Lipinski definition) is 1. The lowest BCUT2D eigenvalue weighted by Gasteiger charge is -2.11. The van der Waals surface area contributed by atoms with Gasteiger partial charge >= 0.3 is 0 Å². The van der Waals surface area contributed by atoms with Crippen molar-refractivity contribution in [1.82, 2.24) is 0 Å². The second-order valence-electron chi connectivity index (χ2n) is 2.54. The van der Waals surface area contributed by atoms with Crippen LogP contribution in [0.1, 0.15) is 11.6 Å². The maximum absolute atomic E-state index is 10.5. The predicted octanol–water partition coefficient (Wildman–Crippen LogP) is 0.0263. The molecular formula is C8H7Cl2NO2. The van der Waals surface area contributed by atoms with Gasteiger partial charge in [0.15, 0.2) is 6.04 Å². The molecule has 0 radical (unpaired) electrons. The van der Waals surface area contributed by atoms with Crippen molar-refractivity contribution in [3.63, 3.8) is 0 Å². The van der Waals surface area contributed by atoms with Crippen LogP contribution in [0.4, 0.5) is 0 Å². The van der Waals surface area contributed by atoms with Crippen molar-refractivity contribution in [1.29, 1.82) is 0 Å². The summed E-state index contributed by atoms with van der Waals surface area (Å²) in [6.45, 7) is 0. The van der Waals surface area contributed by atoms with E-state index in [9.17, 15) is 9.90 Å². The Morgan fingerprint density at radius 1 is 1.46 bits per heavy atom. The van der Waals surface area contributed by atoms with Gasteiger partial charge in [0.05, 0.1) is 5.02 Å². The summed E-state index contributed by atoms with van der Waals surface area (Å²) in [5.41, 5.74) is 3.82. The predicted molar refractivity (Wildman–Crippen MR) is 47.1 cm³/mol. The van der Waals surface area contributed by atoms with Crippen molar-refractivity contribution in [2.24, 2.45) is 0 Å². The minimum Gasteiger partial charge on any atom is -0.544 e. The molecule has 0 heterocycles. The molecule has 5 heteroatoms. The zero-order valence-corrected chi connectivity index (χ0v) is 8.10. The minimum atomic E-state index is -1.26. The highest BCUT2D eigenvalue weighted by Gasteiger charge is 2.14. The van der Waals surface area contributed by atoms with Gasteiger partial charge in [0.1, 0.15) is 5.97 Å². The number of hydrogen-bond acceptors (Lipinski definition) is 2. The van der Waals surface area contributed by atoms with E-state index < -0.39 is 12.0 Å². The Labute approximate surface area is 85.1 Å². The standard InChI is InChI=1S/C8H7Cl2NO2/c9-4-1-2-5(6(10)3-4)7(11)8(12)13/h1-3,7H,11H2,(H,12,13)/t7-/m1/s1. The summed E-state index contributed by atoms with van der Waals surface area (Å²) in [4.78, 5) is 10.5. The van der Waals surface area contributed by atoms with Gasteiger partial charge in [-0.2, -0.15) is 0 Å². The summed E-state index contributed by atoms with van der Waals surface area (Å²) < 4.78 is 0. The lowest BCUT2D eigenvalue weighted by molar-refractivity contribution is -0.443. The van der Waals surface area contributed by atoms with Crippen LogP contribution in [0.15, 0.2) is 18.2 Å². The van der Waals surface area contributed by atoms with Crippen LogP contribution in [0.3, 0.4) is 0 Å². The van der Waals surface area contributed by atoms with Crippen LogP contribution in [0, 0.1) is 0 Å². The molecule has 0 saturated carbocycles. The van der Waals surface area contributed by atoms with Gasteiger partial charge in [-0.3, -0.25) is 0 Å². The first-order valence-corrected chi connectivity index (χ1v) is 4.27. The number of carboxylic acids is 1. The van der Waals surface area contributed by atoms with E-state index in [1.54, 1.807) is 6.07 Å². The van der Waals surface area contributed by atoms with Crippen LogP contribution < -0.4 is 10.8 Å². The molecule has 1 aromatic carbocycles. The van der Waals surface area contributed by atoms with E-state index in [1.165, 1.54) is 12.1 Å². The Balaban J connectivity index is 3.08. The van der Waals surface area contributed by atoms with Crippen molar-refractivity contribution < 1.29 is 15.6 Å². The van der Waals surface area contributed by atoms with E-state index in [0.29, 0.717) is 10.6 Å². The van der Waals surface area contributed by atoms with E-state index in [4.69, 9.17) is 23.2 Å². The number of rotatable bonds is 2. The zero-order valence-electron chi connectivity index (χ0n) is 6.59. The number of carboxylic acid groups (broad SMARTS) is 1. The smallest absolute Gasteiger partial charge is 0.152 e. The molecule has 0 saturated heterocycles. The van der Waals surface area contributed by atoms with Gasteiger partial charge < -0.3 is 15.6 Å². The molecule has 3 nitrogen and oxygen atoms in total. The van der Waals surface area contributed by atoms with Crippen molar-refractivity contribution in [2.75, 3.05) is 0 Å². The van der Waals surface area contributed by atoms with Crippen molar-refractivity contribution in [3.05, 3.63) is 33.8 Å². The van der Waals surface area contributed by atoms with Crippen LogP contribution in [0.5, 0.6) is 0 Å². The largest absolute Gasteiger partial charge is 0.544 e. The molecule has 3 N–H and O–H groups in total. The lowest BCUT2D eigenvalue weighted by Crippen LogP contribution is -2.61. The lowest BCUT2D eigenvalue weighted by atomic mass is 10.1. The average Bonchev–Trinajstić information content (AvgIpc) is 2.03. The van der Waals surface area contributed by atoms with Crippen LogP contribution in [-0.2, 0) is 4.79 Å². The Hall–Kier alpha value is -0.770. The fourth-order valence-electron chi connectivity index (χ4n) is 0.911. The molecule has 1 rings (SSSR count). The first kappa shape index (κ1) is 10.3. The Morgan fingerprint density at radius 2 is 2.08 bits per heavy atom. The average molecular weight is 220 g/mol. The van der Waals surface area contributed by atoms with Crippen LogP contribution in [-0.4, -0.2) is 5.97 Å². The third kappa shape index (κ3) is 2.34. The first-order chi connectivity index (χ1) is 6.02. The monoisotopic (exact) mass is 219 g/mol. The van der Waals surface area contributed by atoms with Crippen molar-refractivity contribution >= 4 is 29.2 Å². The second kappa shape index (κ2) is 3.96. The maximum atomic E-state index is 10.5. The number of quaternary nitrogens is 1. The van der Waals surface area contributed by atoms with Crippen molar-refractivity contribution in [3.8, 4) is 0 Å². The maximum Gasteiger partial charge on any atom is 0.152 e. The number of carbonyl (C=O) groups excluding carboxylic acids is 1. The molecule has 0 unspecified atom stereocenters. The molecule has 70 valence electrons. The molecule has 0 aliphatic rings. The van der Waals surface area contributed by atoms with Crippen LogP contribution in [0.2, 0.25) is 10.0 Å². The molecule has 1 atom stereocenters. The molecule has 0 aliphatic carbocycles. The van der Waals surface area contributed by atoms with Gasteiger partial charge in [-0.05, 0) is 18.2 Å². The van der Waals surface area contributed by atoms with Gasteiger partial charge in [-0.15, -0.1) is 0 Å². The molecule has 0 aromatic heterocycles. The molecular weight excluding hydrogens is 213 g/mol. The van der Waals surface area contributed by atoms with Gasteiger partial charge in [0.25, 0.3) is 0 Å².